The molecule has 1 aliphatic rings. The van der Waals surface area contributed by atoms with Crippen LogP contribution in [-0.4, -0.2) is 18.4 Å². The van der Waals surface area contributed by atoms with Gasteiger partial charge in [0.1, 0.15) is 0 Å². The number of hydrogen-bond donors (Lipinski definition) is 1. The molecule has 1 N–H and O–H groups in total. The van der Waals surface area contributed by atoms with Gasteiger partial charge in [0.05, 0.1) is 0 Å². The fourth-order valence-corrected chi connectivity index (χ4v) is 3.84. The van der Waals surface area contributed by atoms with Crippen molar-refractivity contribution < 1.29 is 9.59 Å². The van der Waals surface area contributed by atoms with Crippen LogP contribution < -0.4 is 10.2 Å². The van der Waals surface area contributed by atoms with Gasteiger partial charge in [-0.1, -0.05) is 50.2 Å². The molecule has 3 aromatic rings. The zero-order valence-corrected chi connectivity index (χ0v) is 16.2. The van der Waals surface area contributed by atoms with Gasteiger partial charge in [-0.2, -0.15) is 0 Å². The Hall–Kier alpha value is -3.14. The van der Waals surface area contributed by atoms with Gasteiger partial charge in [0.15, 0.2) is 0 Å². The van der Waals surface area contributed by atoms with E-state index in [2.05, 4.69) is 5.32 Å². The Bertz CT molecular complexity index is 1050. The van der Waals surface area contributed by atoms with Crippen LogP contribution in [0.1, 0.15) is 36.2 Å². The Morgan fingerprint density at radius 3 is 2.61 bits per heavy atom. The van der Waals surface area contributed by atoms with Crippen LogP contribution in [0, 0.1) is 5.92 Å². The van der Waals surface area contributed by atoms with Crippen molar-refractivity contribution in [3.63, 3.8) is 0 Å². The molecule has 3 aromatic carbocycles. The van der Waals surface area contributed by atoms with Gasteiger partial charge in [0.25, 0.3) is 5.91 Å². The van der Waals surface area contributed by atoms with Crippen molar-refractivity contribution in [3.8, 4) is 0 Å². The fraction of sp³-hybridized carbons (Fsp3) is 0.250. The van der Waals surface area contributed by atoms with Crippen molar-refractivity contribution in [3.05, 3.63) is 71.8 Å². The standard InChI is InChI=1S/C24H24N2O2/c1-16(2)24(28)26-14-6-9-18-15-19(12-13-22(18)26)25-23(27)21-11-5-8-17-7-3-4-10-20(17)21/h3-5,7-8,10-13,15-16H,6,9,14H2,1-2H3,(H,25,27). The molecule has 0 bridgehead atoms. The molecule has 2 amide bonds. The van der Waals surface area contributed by atoms with Crippen LogP contribution in [0.25, 0.3) is 10.8 Å². The van der Waals surface area contributed by atoms with Gasteiger partial charge < -0.3 is 10.2 Å². The summed E-state index contributed by atoms with van der Waals surface area (Å²) in [7, 11) is 0. The molecule has 0 atom stereocenters. The number of nitrogens with zero attached hydrogens (tertiary/aromatic N) is 1. The van der Waals surface area contributed by atoms with Crippen molar-refractivity contribution in [2.24, 2.45) is 5.92 Å². The Kier molecular flexibility index (Phi) is 4.86. The average molecular weight is 372 g/mol. The Morgan fingerprint density at radius 1 is 1.00 bits per heavy atom. The summed E-state index contributed by atoms with van der Waals surface area (Å²) in [5, 5.41) is 5.01. The highest BCUT2D eigenvalue weighted by Gasteiger charge is 2.24. The third-order valence-corrected chi connectivity index (χ3v) is 5.25. The van der Waals surface area contributed by atoms with Crippen LogP contribution in [0.3, 0.4) is 0 Å². The lowest BCUT2D eigenvalue weighted by molar-refractivity contribution is -0.121. The second-order valence-electron chi connectivity index (χ2n) is 7.57. The monoisotopic (exact) mass is 372 g/mol. The molecule has 4 heteroatoms. The molecule has 0 radical (unpaired) electrons. The van der Waals surface area contributed by atoms with Gasteiger partial charge in [-0.05, 0) is 53.4 Å². The summed E-state index contributed by atoms with van der Waals surface area (Å²) < 4.78 is 0. The predicted octanol–water partition coefficient (Wildman–Crippen LogP) is 5.03. The van der Waals surface area contributed by atoms with E-state index in [-0.39, 0.29) is 17.7 Å². The van der Waals surface area contributed by atoms with E-state index in [1.165, 1.54) is 0 Å². The lowest BCUT2D eigenvalue weighted by Crippen LogP contribution is -2.38. The Balaban J connectivity index is 1.61. The minimum Gasteiger partial charge on any atom is -0.322 e. The Labute approximate surface area is 165 Å². The molecule has 0 spiro atoms. The number of nitrogens with one attached hydrogen (secondary N) is 1. The van der Waals surface area contributed by atoms with Crippen LogP contribution in [0.2, 0.25) is 0 Å². The molecule has 28 heavy (non-hydrogen) atoms. The number of benzene rings is 3. The molecule has 0 aromatic heterocycles. The number of fused-ring (bicyclic) bond motifs is 2. The fourth-order valence-electron chi connectivity index (χ4n) is 3.84. The summed E-state index contributed by atoms with van der Waals surface area (Å²) in [4.78, 5) is 27.2. The van der Waals surface area contributed by atoms with Crippen molar-refractivity contribution in [1.82, 2.24) is 0 Å². The first-order valence-corrected chi connectivity index (χ1v) is 9.78. The van der Waals surface area contributed by atoms with E-state index in [0.717, 1.165) is 47.1 Å². The van der Waals surface area contributed by atoms with Gasteiger partial charge >= 0.3 is 0 Å². The number of amides is 2. The van der Waals surface area contributed by atoms with Crippen LogP contribution in [0.4, 0.5) is 11.4 Å². The molecule has 4 rings (SSSR count). The number of rotatable bonds is 3. The highest BCUT2D eigenvalue weighted by atomic mass is 16.2. The van der Waals surface area contributed by atoms with E-state index in [9.17, 15) is 9.59 Å². The maximum Gasteiger partial charge on any atom is 0.256 e. The van der Waals surface area contributed by atoms with E-state index in [1.807, 2.05) is 79.4 Å². The third kappa shape index (κ3) is 3.38. The van der Waals surface area contributed by atoms with Gasteiger partial charge in [0.2, 0.25) is 5.91 Å². The number of aryl methyl sites for hydroxylation is 1. The van der Waals surface area contributed by atoms with Gasteiger partial charge in [-0.3, -0.25) is 9.59 Å². The summed E-state index contributed by atoms with van der Waals surface area (Å²) in [6.45, 7) is 4.61. The molecule has 4 nitrogen and oxygen atoms in total. The average Bonchev–Trinajstić information content (AvgIpc) is 2.72. The summed E-state index contributed by atoms with van der Waals surface area (Å²) in [5.41, 5.74) is 3.49. The summed E-state index contributed by atoms with van der Waals surface area (Å²) >= 11 is 0. The van der Waals surface area contributed by atoms with Gasteiger partial charge in [-0.25, -0.2) is 0 Å². The van der Waals surface area contributed by atoms with E-state index in [1.54, 1.807) is 0 Å². The van der Waals surface area contributed by atoms with Crippen molar-refractivity contribution in [2.75, 3.05) is 16.8 Å². The first-order chi connectivity index (χ1) is 13.5. The summed E-state index contributed by atoms with van der Waals surface area (Å²) in [6, 6.07) is 19.5. The molecule has 1 heterocycles. The lowest BCUT2D eigenvalue weighted by Gasteiger charge is -2.31. The molecule has 0 fully saturated rings. The first-order valence-electron chi connectivity index (χ1n) is 9.78. The zero-order valence-electron chi connectivity index (χ0n) is 16.2. The number of anilines is 2. The molecular formula is C24H24N2O2. The maximum absolute atomic E-state index is 12.9. The molecular weight excluding hydrogens is 348 g/mol. The van der Waals surface area contributed by atoms with Crippen molar-refractivity contribution in [1.29, 1.82) is 0 Å². The molecule has 142 valence electrons. The second kappa shape index (κ2) is 7.47. The molecule has 0 unspecified atom stereocenters. The third-order valence-electron chi connectivity index (χ3n) is 5.25. The number of carbonyl (C=O) groups is 2. The van der Waals surface area contributed by atoms with Gasteiger partial charge in [0, 0.05) is 29.4 Å². The van der Waals surface area contributed by atoms with E-state index < -0.39 is 0 Å². The number of hydrogen-bond acceptors (Lipinski definition) is 2. The molecule has 0 saturated carbocycles. The highest BCUT2D eigenvalue weighted by molar-refractivity contribution is 6.13. The van der Waals surface area contributed by atoms with Crippen LogP contribution in [-0.2, 0) is 11.2 Å². The van der Waals surface area contributed by atoms with E-state index in [4.69, 9.17) is 0 Å². The largest absolute Gasteiger partial charge is 0.322 e. The molecule has 0 saturated heterocycles. The maximum atomic E-state index is 12.9. The normalized spacial score (nSPS) is 13.5. The van der Waals surface area contributed by atoms with Gasteiger partial charge in [-0.15, -0.1) is 0 Å². The highest BCUT2D eigenvalue weighted by Crippen LogP contribution is 2.31. The van der Waals surface area contributed by atoms with Crippen LogP contribution in [0.15, 0.2) is 60.7 Å². The number of carbonyl (C=O) groups excluding carboxylic acids is 2. The summed E-state index contributed by atoms with van der Waals surface area (Å²) in [5.74, 6) is -0.00662. The topological polar surface area (TPSA) is 49.4 Å². The van der Waals surface area contributed by atoms with Crippen molar-refractivity contribution in [2.45, 2.75) is 26.7 Å². The predicted molar refractivity (Wildman–Crippen MR) is 114 cm³/mol. The zero-order chi connectivity index (χ0) is 19.7. The SMILES string of the molecule is CC(C)C(=O)N1CCCc2cc(NC(=O)c3cccc4ccccc34)ccc21. The quantitative estimate of drug-likeness (QED) is 0.701. The first kappa shape index (κ1) is 18.2. The summed E-state index contributed by atoms with van der Waals surface area (Å²) in [6.07, 6.45) is 1.85. The lowest BCUT2D eigenvalue weighted by atomic mass is 9.99. The minimum atomic E-state index is -0.123. The van der Waals surface area contributed by atoms with Crippen LogP contribution >= 0.6 is 0 Å². The molecule has 1 aliphatic heterocycles. The molecule has 0 aliphatic carbocycles. The van der Waals surface area contributed by atoms with E-state index in [0.29, 0.717) is 5.56 Å². The van der Waals surface area contributed by atoms with Crippen molar-refractivity contribution >= 4 is 34.0 Å². The van der Waals surface area contributed by atoms with Crippen LogP contribution in [0.5, 0.6) is 0 Å². The Morgan fingerprint density at radius 2 is 1.79 bits per heavy atom. The minimum absolute atomic E-state index is 0.0308. The smallest absolute Gasteiger partial charge is 0.256 e. The second-order valence-corrected chi connectivity index (χ2v) is 7.57. The van der Waals surface area contributed by atoms with E-state index >= 15 is 0 Å².